The largest absolute Gasteiger partial charge is 0.385 e. The third kappa shape index (κ3) is 5.45. The number of carbonyl (C=O) groups is 2. The SMILES string of the molecule is COCCCNC(=O)c1c(NC(=O)CCn2nc(C)cc2C)sc2c1CCCC2. The Bertz CT molecular complexity index is 872. The van der Waals surface area contributed by atoms with Crippen LogP contribution >= 0.6 is 11.3 Å². The second-order valence-corrected chi connectivity index (χ2v) is 8.57. The Labute approximate surface area is 175 Å². The molecule has 0 saturated heterocycles. The van der Waals surface area contributed by atoms with Crippen LogP contribution in [0.5, 0.6) is 0 Å². The van der Waals surface area contributed by atoms with Crippen LogP contribution in [0, 0.1) is 13.8 Å². The van der Waals surface area contributed by atoms with Crippen LogP contribution in [0.25, 0.3) is 0 Å². The molecule has 0 radical (unpaired) electrons. The molecule has 0 spiro atoms. The smallest absolute Gasteiger partial charge is 0.254 e. The monoisotopic (exact) mass is 418 g/mol. The van der Waals surface area contributed by atoms with E-state index in [0.717, 1.165) is 49.1 Å². The van der Waals surface area contributed by atoms with Crippen molar-refractivity contribution in [3.05, 3.63) is 33.5 Å². The first-order valence-corrected chi connectivity index (χ1v) is 11.0. The zero-order valence-electron chi connectivity index (χ0n) is 17.5. The Morgan fingerprint density at radius 1 is 1.28 bits per heavy atom. The molecule has 0 aliphatic heterocycles. The fraction of sp³-hybridized carbons (Fsp3) is 0.571. The highest BCUT2D eigenvalue weighted by Gasteiger charge is 2.26. The summed E-state index contributed by atoms with van der Waals surface area (Å²) in [4.78, 5) is 26.7. The van der Waals surface area contributed by atoms with E-state index < -0.39 is 0 Å². The number of methoxy groups -OCH3 is 1. The van der Waals surface area contributed by atoms with Crippen LogP contribution in [0.2, 0.25) is 0 Å². The molecule has 29 heavy (non-hydrogen) atoms. The highest BCUT2D eigenvalue weighted by molar-refractivity contribution is 7.17. The lowest BCUT2D eigenvalue weighted by molar-refractivity contribution is -0.116. The van der Waals surface area contributed by atoms with E-state index in [4.69, 9.17) is 4.74 Å². The Morgan fingerprint density at radius 2 is 2.07 bits per heavy atom. The van der Waals surface area contributed by atoms with E-state index in [1.807, 2.05) is 24.6 Å². The van der Waals surface area contributed by atoms with Gasteiger partial charge < -0.3 is 15.4 Å². The molecule has 2 aromatic rings. The van der Waals surface area contributed by atoms with Gasteiger partial charge in [0.25, 0.3) is 5.91 Å². The van der Waals surface area contributed by atoms with Crippen molar-refractivity contribution in [2.45, 2.75) is 58.9 Å². The summed E-state index contributed by atoms with van der Waals surface area (Å²) in [7, 11) is 1.65. The predicted octanol–water partition coefficient (Wildman–Crippen LogP) is 3.24. The topological polar surface area (TPSA) is 85.3 Å². The standard InChI is InChI=1S/C21H30N4O3S/c1-14-13-15(2)25(24-14)11-9-18(26)23-21-19(20(27)22-10-6-12-28-3)16-7-4-5-8-17(16)29-21/h13H,4-12H2,1-3H3,(H,22,27)(H,23,26). The maximum atomic E-state index is 12.9. The van der Waals surface area contributed by atoms with Crippen molar-refractivity contribution in [2.24, 2.45) is 0 Å². The summed E-state index contributed by atoms with van der Waals surface area (Å²) in [5, 5.41) is 11.1. The number of hydrogen-bond donors (Lipinski definition) is 2. The van der Waals surface area contributed by atoms with Crippen molar-refractivity contribution in [3.8, 4) is 0 Å². The number of anilines is 1. The first-order valence-electron chi connectivity index (χ1n) is 10.2. The number of ether oxygens (including phenoxy) is 1. The van der Waals surface area contributed by atoms with Crippen LogP contribution < -0.4 is 10.6 Å². The van der Waals surface area contributed by atoms with Crippen LogP contribution in [0.4, 0.5) is 5.00 Å². The number of carbonyl (C=O) groups excluding carboxylic acids is 2. The summed E-state index contributed by atoms with van der Waals surface area (Å²) in [6.07, 6.45) is 5.17. The summed E-state index contributed by atoms with van der Waals surface area (Å²) < 4.78 is 6.89. The Kier molecular flexibility index (Phi) is 7.44. The zero-order valence-corrected chi connectivity index (χ0v) is 18.3. The molecule has 2 heterocycles. The number of aromatic nitrogens is 2. The molecule has 0 saturated carbocycles. The number of hydrogen-bond acceptors (Lipinski definition) is 5. The molecule has 0 bridgehead atoms. The molecule has 3 rings (SSSR count). The maximum Gasteiger partial charge on any atom is 0.254 e. The van der Waals surface area contributed by atoms with E-state index >= 15 is 0 Å². The third-order valence-corrected chi connectivity index (χ3v) is 6.32. The minimum atomic E-state index is -0.102. The highest BCUT2D eigenvalue weighted by Crippen LogP contribution is 2.38. The van der Waals surface area contributed by atoms with Gasteiger partial charge in [-0.1, -0.05) is 0 Å². The quantitative estimate of drug-likeness (QED) is 0.612. The van der Waals surface area contributed by atoms with Crippen molar-refractivity contribution < 1.29 is 14.3 Å². The first kappa shape index (κ1) is 21.5. The number of aryl methyl sites for hydroxylation is 4. The summed E-state index contributed by atoms with van der Waals surface area (Å²) in [5.41, 5.74) is 3.75. The van der Waals surface area contributed by atoms with Crippen molar-refractivity contribution in [1.29, 1.82) is 0 Å². The number of nitrogens with zero attached hydrogens (tertiary/aromatic N) is 2. The molecule has 0 unspecified atom stereocenters. The van der Waals surface area contributed by atoms with Gasteiger partial charge in [0, 0.05) is 43.8 Å². The van der Waals surface area contributed by atoms with Gasteiger partial charge in [0.2, 0.25) is 5.91 Å². The van der Waals surface area contributed by atoms with Crippen LogP contribution in [0.15, 0.2) is 6.07 Å². The minimum Gasteiger partial charge on any atom is -0.385 e. The molecule has 2 N–H and O–H groups in total. The molecular weight excluding hydrogens is 388 g/mol. The number of fused-ring (bicyclic) bond motifs is 1. The van der Waals surface area contributed by atoms with E-state index in [0.29, 0.717) is 36.7 Å². The van der Waals surface area contributed by atoms with Gasteiger partial charge in [-0.25, -0.2) is 0 Å². The number of amides is 2. The summed E-state index contributed by atoms with van der Waals surface area (Å²) >= 11 is 1.55. The van der Waals surface area contributed by atoms with Crippen molar-refractivity contribution in [3.63, 3.8) is 0 Å². The molecule has 0 atom stereocenters. The average molecular weight is 419 g/mol. The average Bonchev–Trinajstić information content (AvgIpc) is 3.21. The van der Waals surface area contributed by atoms with Crippen molar-refractivity contribution in [2.75, 3.05) is 25.6 Å². The van der Waals surface area contributed by atoms with E-state index in [-0.39, 0.29) is 11.8 Å². The normalized spacial score (nSPS) is 13.2. The van der Waals surface area contributed by atoms with Gasteiger partial charge in [0.1, 0.15) is 5.00 Å². The number of thiophene rings is 1. The van der Waals surface area contributed by atoms with E-state index in [9.17, 15) is 9.59 Å². The summed E-state index contributed by atoms with van der Waals surface area (Å²) in [5.74, 6) is -0.195. The Balaban J connectivity index is 1.68. The van der Waals surface area contributed by atoms with E-state index in [2.05, 4.69) is 15.7 Å². The van der Waals surface area contributed by atoms with Crippen LogP contribution in [0.1, 0.15) is 57.9 Å². The van der Waals surface area contributed by atoms with Gasteiger partial charge in [0.15, 0.2) is 0 Å². The lowest BCUT2D eigenvalue weighted by Crippen LogP contribution is -2.27. The van der Waals surface area contributed by atoms with Gasteiger partial charge >= 0.3 is 0 Å². The van der Waals surface area contributed by atoms with E-state index in [1.165, 1.54) is 4.88 Å². The second kappa shape index (κ2) is 10.0. The second-order valence-electron chi connectivity index (χ2n) is 7.47. The van der Waals surface area contributed by atoms with Gasteiger partial charge in [-0.2, -0.15) is 5.10 Å². The molecule has 2 amide bonds. The Morgan fingerprint density at radius 3 is 2.79 bits per heavy atom. The number of rotatable bonds is 9. The summed E-state index contributed by atoms with van der Waals surface area (Å²) in [6.45, 7) is 5.62. The van der Waals surface area contributed by atoms with Crippen LogP contribution in [-0.2, 0) is 28.9 Å². The highest BCUT2D eigenvalue weighted by atomic mass is 32.1. The molecule has 0 aromatic carbocycles. The Hall–Kier alpha value is -2.19. The lowest BCUT2D eigenvalue weighted by Gasteiger charge is -2.13. The van der Waals surface area contributed by atoms with Gasteiger partial charge in [-0.05, 0) is 57.6 Å². The van der Waals surface area contributed by atoms with Crippen molar-refractivity contribution >= 4 is 28.2 Å². The molecule has 1 aliphatic rings. The third-order valence-electron chi connectivity index (χ3n) is 5.12. The molecular formula is C21H30N4O3S. The summed E-state index contributed by atoms with van der Waals surface area (Å²) in [6, 6.07) is 2.00. The molecule has 7 nitrogen and oxygen atoms in total. The fourth-order valence-electron chi connectivity index (χ4n) is 3.70. The van der Waals surface area contributed by atoms with Crippen LogP contribution in [0.3, 0.4) is 0 Å². The maximum absolute atomic E-state index is 12.9. The zero-order chi connectivity index (χ0) is 20.8. The minimum absolute atomic E-state index is 0.0930. The molecule has 8 heteroatoms. The molecule has 2 aromatic heterocycles. The molecule has 0 fully saturated rings. The van der Waals surface area contributed by atoms with Gasteiger partial charge in [-0.15, -0.1) is 11.3 Å². The number of nitrogens with one attached hydrogen (secondary N) is 2. The fourth-order valence-corrected chi connectivity index (χ4v) is 5.00. The first-order chi connectivity index (χ1) is 14.0. The van der Waals surface area contributed by atoms with Crippen molar-refractivity contribution in [1.82, 2.24) is 15.1 Å². The predicted molar refractivity (Wildman–Crippen MR) is 115 cm³/mol. The van der Waals surface area contributed by atoms with Crippen LogP contribution in [-0.4, -0.2) is 41.9 Å². The van der Waals surface area contributed by atoms with Gasteiger partial charge in [0.05, 0.1) is 11.3 Å². The molecule has 158 valence electrons. The van der Waals surface area contributed by atoms with Gasteiger partial charge in [-0.3, -0.25) is 14.3 Å². The lowest BCUT2D eigenvalue weighted by atomic mass is 9.95. The molecule has 1 aliphatic carbocycles. The van der Waals surface area contributed by atoms with E-state index in [1.54, 1.807) is 18.4 Å².